The van der Waals surface area contributed by atoms with Gasteiger partial charge in [-0.05, 0) is 22.7 Å². The van der Waals surface area contributed by atoms with Crippen LogP contribution in [-0.4, -0.2) is 20.5 Å². The van der Waals surface area contributed by atoms with Crippen molar-refractivity contribution in [2.75, 3.05) is 5.32 Å². The van der Waals surface area contributed by atoms with Gasteiger partial charge in [0, 0.05) is 20.0 Å². The molecular formula is C12H22N4O2. The first kappa shape index (κ1) is 14.5. The highest BCUT2D eigenvalue weighted by atomic mass is 16.6. The van der Waals surface area contributed by atoms with E-state index in [0.717, 1.165) is 12.8 Å². The Morgan fingerprint density at radius 2 is 2.00 bits per heavy atom. The fourth-order valence-corrected chi connectivity index (χ4v) is 2.21. The summed E-state index contributed by atoms with van der Waals surface area (Å²) in [6.45, 7) is 8.09. The number of rotatable bonds is 6. The predicted molar refractivity (Wildman–Crippen MR) is 71.8 cm³/mol. The lowest BCUT2D eigenvalue weighted by Gasteiger charge is -2.23. The maximum absolute atomic E-state index is 11.0. The molecule has 0 saturated heterocycles. The Kier molecular flexibility index (Phi) is 4.69. The van der Waals surface area contributed by atoms with Crippen LogP contribution in [-0.2, 0) is 7.05 Å². The van der Waals surface area contributed by atoms with E-state index >= 15 is 0 Å². The van der Waals surface area contributed by atoms with Crippen LogP contribution in [0.25, 0.3) is 0 Å². The molecule has 0 aliphatic heterocycles. The minimum atomic E-state index is -0.436. The molecule has 102 valence electrons. The third-order valence-corrected chi connectivity index (χ3v) is 3.59. The summed E-state index contributed by atoms with van der Waals surface area (Å²) in [7, 11) is 1.79. The van der Waals surface area contributed by atoms with E-state index in [-0.39, 0.29) is 11.9 Å². The smallest absolute Gasteiger partial charge is 0.362 e. The molecule has 6 heteroatoms. The summed E-state index contributed by atoms with van der Waals surface area (Å²) in [5.74, 6) is 1.55. The summed E-state index contributed by atoms with van der Waals surface area (Å²) in [5, 5.41) is 14.2. The number of nitrogens with one attached hydrogen (secondary N) is 1. The van der Waals surface area contributed by atoms with Gasteiger partial charge in [0.05, 0.1) is 0 Å². The maximum Gasteiger partial charge on any atom is 0.406 e. The number of aromatic nitrogens is 2. The van der Waals surface area contributed by atoms with Gasteiger partial charge < -0.3 is 15.4 Å². The van der Waals surface area contributed by atoms with Crippen molar-refractivity contribution in [3.8, 4) is 0 Å². The molecule has 1 aromatic heterocycles. The highest BCUT2D eigenvalue weighted by Gasteiger charge is 2.26. The lowest BCUT2D eigenvalue weighted by atomic mass is 9.95. The van der Waals surface area contributed by atoms with Gasteiger partial charge in [0.1, 0.15) is 0 Å². The lowest BCUT2D eigenvalue weighted by molar-refractivity contribution is -0.388. The van der Waals surface area contributed by atoms with Gasteiger partial charge in [-0.2, -0.15) is 0 Å². The molecule has 0 fully saturated rings. The standard InChI is InChI=1S/C12H22N4O2/c1-6-10(7-2)8(3)13-11-12(16(17)18)14-9(4)15(11)5/h8,10,13H,6-7H2,1-5H3. The van der Waals surface area contributed by atoms with Crippen molar-refractivity contribution in [2.24, 2.45) is 13.0 Å². The molecule has 1 aromatic rings. The molecule has 1 rings (SSSR count). The molecule has 0 aliphatic carbocycles. The van der Waals surface area contributed by atoms with E-state index in [1.54, 1.807) is 18.5 Å². The molecule has 0 amide bonds. The van der Waals surface area contributed by atoms with Crippen LogP contribution >= 0.6 is 0 Å². The first-order chi connectivity index (χ1) is 8.42. The minimum absolute atomic E-state index is 0.0900. The first-order valence-corrected chi connectivity index (χ1v) is 6.36. The number of nitro groups is 1. The van der Waals surface area contributed by atoms with E-state index in [2.05, 4.69) is 31.1 Å². The molecule has 0 bridgehead atoms. The molecule has 0 saturated carbocycles. The van der Waals surface area contributed by atoms with Gasteiger partial charge in [0.25, 0.3) is 0 Å². The summed E-state index contributed by atoms with van der Waals surface area (Å²) in [5.41, 5.74) is 0. The van der Waals surface area contributed by atoms with Gasteiger partial charge in [0.15, 0.2) is 0 Å². The van der Waals surface area contributed by atoms with Crippen molar-refractivity contribution in [3.63, 3.8) is 0 Å². The second-order valence-corrected chi connectivity index (χ2v) is 4.66. The van der Waals surface area contributed by atoms with E-state index in [1.165, 1.54) is 0 Å². The van der Waals surface area contributed by atoms with Crippen LogP contribution in [0.1, 0.15) is 39.4 Å². The fourth-order valence-electron chi connectivity index (χ4n) is 2.21. The van der Waals surface area contributed by atoms with Gasteiger partial charge in [-0.3, -0.25) is 4.57 Å². The van der Waals surface area contributed by atoms with Crippen LogP contribution in [0.5, 0.6) is 0 Å². The zero-order valence-corrected chi connectivity index (χ0v) is 11.7. The van der Waals surface area contributed by atoms with Crippen molar-refractivity contribution in [3.05, 3.63) is 15.9 Å². The van der Waals surface area contributed by atoms with Crippen molar-refractivity contribution in [2.45, 2.75) is 46.6 Å². The van der Waals surface area contributed by atoms with Crippen LogP contribution in [0.2, 0.25) is 0 Å². The minimum Gasteiger partial charge on any atom is -0.362 e. The van der Waals surface area contributed by atoms with E-state index in [9.17, 15) is 10.1 Å². The molecule has 0 radical (unpaired) electrons. The van der Waals surface area contributed by atoms with Gasteiger partial charge in [0.2, 0.25) is 11.6 Å². The summed E-state index contributed by atoms with van der Waals surface area (Å²) in [6.07, 6.45) is 2.10. The Bertz CT molecular complexity index is 424. The summed E-state index contributed by atoms with van der Waals surface area (Å²) >= 11 is 0. The SMILES string of the molecule is CCC(CC)C(C)Nc1c([N+](=O)[O-])nc(C)n1C. The maximum atomic E-state index is 11.0. The van der Waals surface area contributed by atoms with E-state index in [1.807, 2.05) is 0 Å². The monoisotopic (exact) mass is 254 g/mol. The number of aryl methyl sites for hydroxylation is 1. The molecule has 18 heavy (non-hydrogen) atoms. The van der Waals surface area contributed by atoms with Crippen LogP contribution < -0.4 is 5.32 Å². The van der Waals surface area contributed by atoms with Crippen molar-refractivity contribution < 1.29 is 4.92 Å². The Hall–Kier alpha value is -1.59. The Labute approximate surface area is 108 Å². The molecule has 1 N–H and O–H groups in total. The predicted octanol–water partition coefficient (Wildman–Crippen LogP) is 2.87. The molecule has 0 aliphatic rings. The van der Waals surface area contributed by atoms with E-state index in [0.29, 0.717) is 17.6 Å². The van der Waals surface area contributed by atoms with Crippen LogP contribution in [0.3, 0.4) is 0 Å². The third-order valence-electron chi connectivity index (χ3n) is 3.59. The van der Waals surface area contributed by atoms with E-state index in [4.69, 9.17) is 0 Å². The van der Waals surface area contributed by atoms with Crippen LogP contribution in [0, 0.1) is 23.0 Å². The number of hydrogen-bond acceptors (Lipinski definition) is 4. The number of nitrogens with zero attached hydrogens (tertiary/aromatic N) is 3. The summed E-state index contributed by atoms with van der Waals surface area (Å²) in [6, 6.07) is 0.188. The molecule has 1 heterocycles. The highest BCUT2D eigenvalue weighted by molar-refractivity contribution is 5.54. The molecule has 0 spiro atoms. The van der Waals surface area contributed by atoms with Crippen LogP contribution in [0.4, 0.5) is 11.6 Å². The topological polar surface area (TPSA) is 73.0 Å². The van der Waals surface area contributed by atoms with Crippen LogP contribution in [0.15, 0.2) is 0 Å². The zero-order valence-electron chi connectivity index (χ0n) is 11.7. The van der Waals surface area contributed by atoms with Gasteiger partial charge in [-0.15, -0.1) is 0 Å². The largest absolute Gasteiger partial charge is 0.406 e. The second-order valence-electron chi connectivity index (χ2n) is 4.66. The zero-order chi connectivity index (χ0) is 13.9. The van der Waals surface area contributed by atoms with Gasteiger partial charge in [-0.25, -0.2) is 0 Å². The quantitative estimate of drug-likeness (QED) is 0.625. The number of anilines is 1. The molecule has 1 atom stereocenters. The summed E-state index contributed by atoms with van der Waals surface area (Å²) < 4.78 is 1.73. The molecule has 6 nitrogen and oxygen atoms in total. The number of imidazole rings is 1. The fraction of sp³-hybridized carbons (Fsp3) is 0.750. The lowest BCUT2D eigenvalue weighted by Crippen LogP contribution is -2.26. The van der Waals surface area contributed by atoms with Crippen molar-refractivity contribution >= 4 is 11.6 Å². The van der Waals surface area contributed by atoms with Gasteiger partial charge in [-0.1, -0.05) is 26.7 Å². The van der Waals surface area contributed by atoms with Crippen molar-refractivity contribution in [1.82, 2.24) is 9.55 Å². The highest BCUT2D eigenvalue weighted by Crippen LogP contribution is 2.26. The molecule has 0 aromatic carbocycles. The van der Waals surface area contributed by atoms with Crippen molar-refractivity contribution in [1.29, 1.82) is 0 Å². The van der Waals surface area contributed by atoms with Gasteiger partial charge >= 0.3 is 5.82 Å². The second kappa shape index (κ2) is 5.84. The van der Waals surface area contributed by atoms with E-state index < -0.39 is 4.92 Å². The normalized spacial score (nSPS) is 12.8. The third kappa shape index (κ3) is 2.80. The Morgan fingerprint density at radius 1 is 1.44 bits per heavy atom. The Morgan fingerprint density at radius 3 is 2.44 bits per heavy atom. The summed E-state index contributed by atoms with van der Waals surface area (Å²) in [4.78, 5) is 14.5. The number of hydrogen-bond donors (Lipinski definition) is 1. The Balaban J connectivity index is 2.99. The first-order valence-electron chi connectivity index (χ1n) is 6.36. The average Bonchev–Trinajstić information content (AvgIpc) is 2.59. The average molecular weight is 254 g/mol. The molecular weight excluding hydrogens is 232 g/mol. The molecule has 1 unspecified atom stereocenters.